The van der Waals surface area contributed by atoms with Crippen LogP contribution in [0.25, 0.3) is 0 Å². The number of methoxy groups -OCH3 is 1. The topological polar surface area (TPSA) is 55.4 Å². The van der Waals surface area contributed by atoms with Crippen LogP contribution in [0.2, 0.25) is 5.02 Å². The van der Waals surface area contributed by atoms with Crippen molar-refractivity contribution in [1.82, 2.24) is 4.72 Å². The number of nitrogens with one attached hydrogen (secondary N) is 1. The van der Waals surface area contributed by atoms with Crippen LogP contribution in [-0.4, -0.2) is 28.4 Å². The van der Waals surface area contributed by atoms with E-state index in [1.807, 2.05) is 0 Å². The summed E-state index contributed by atoms with van der Waals surface area (Å²) in [6.45, 7) is 0.273. The number of benzene rings is 1. The maximum absolute atomic E-state index is 11.2. The molecule has 6 heteroatoms. The van der Waals surface area contributed by atoms with Gasteiger partial charge in [-0.25, -0.2) is 13.1 Å². The number of sulfonamides is 1. The Hall–Kier alpha value is -0.620. The average molecular weight is 264 g/mol. The van der Waals surface area contributed by atoms with Crippen molar-refractivity contribution in [3.63, 3.8) is 0 Å². The SMILES string of the molecule is COCC(NS(C)(=O)=O)c1ccc(Cl)cc1. The summed E-state index contributed by atoms with van der Waals surface area (Å²) in [5.41, 5.74) is 0.816. The summed E-state index contributed by atoms with van der Waals surface area (Å²) in [6.07, 6.45) is 1.12. The van der Waals surface area contributed by atoms with E-state index < -0.39 is 16.1 Å². The van der Waals surface area contributed by atoms with E-state index in [0.717, 1.165) is 11.8 Å². The molecule has 1 rings (SSSR count). The van der Waals surface area contributed by atoms with Gasteiger partial charge in [-0.2, -0.15) is 0 Å². The molecule has 0 bridgehead atoms. The first-order valence-corrected chi connectivity index (χ1v) is 6.91. The molecule has 0 heterocycles. The summed E-state index contributed by atoms with van der Waals surface area (Å²) in [4.78, 5) is 0. The van der Waals surface area contributed by atoms with Crippen LogP contribution in [0.4, 0.5) is 0 Å². The highest BCUT2D eigenvalue weighted by Gasteiger charge is 2.15. The van der Waals surface area contributed by atoms with Gasteiger partial charge in [-0.3, -0.25) is 0 Å². The summed E-state index contributed by atoms with van der Waals surface area (Å²) in [5.74, 6) is 0. The number of hydrogen-bond acceptors (Lipinski definition) is 3. The molecule has 16 heavy (non-hydrogen) atoms. The lowest BCUT2D eigenvalue weighted by Gasteiger charge is -2.16. The average Bonchev–Trinajstić information content (AvgIpc) is 2.16. The van der Waals surface area contributed by atoms with Gasteiger partial charge in [0.15, 0.2) is 0 Å². The van der Waals surface area contributed by atoms with E-state index in [0.29, 0.717) is 5.02 Å². The Morgan fingerprint density at radius 1 is 1.38 bits per heavy atom. The molecule has 0 spiro atoms. The van der Waals surface area contributed by atoms with Gasteiger partial charge in [-0.15, -0.1) is 0 Å². The Bertz CT molecular complexity index is 430. The second kappa shape index (κ2) is 5.63. The number of rotatable bonds is 5. The largest absolute Gasteiger partial charge is 0.383 e. The maximum Gasteiger partial charge on any atom is 0.209 e. The van der Waals surface area contributed by atoms with Crippen LogP contribution in [0.1, 0.15) is 11.6 Å². The zero-order chi connectivity index (χ0) is 12.2. The Labute approximate surface area is 101 Å². The van der Waals surface area contributed by atoms with Gasteiger partial charge in [0.1, 0.15) is 0 Å². The molecule has 0 aliphatic heterocycles. The Morgan fingerprint density at radius 3 is 2.38 bits per heavy atom. The van der Waals surface area contributed by atoms with Gasteiger partial charge in [0.05, 0.1) is 18.9 Å². The highest BCUT2D eigenvalue weighted by Crippen LogP contribution is 2.17. The van der Waals surface area contributed by atoms with Crippen LogP contribution in [0.15, 0.2) is 24.3 Å². The fourth-order valence-electron chi connectivity index (χ4n) is 1.32. The molecule has 1 N–H and O–H groups in total. The van der Waals surface area contributed by atoms with Crippen molar-refractivity contribution in [3.05, 3.63) is 34.9 Å². The molecule has 0 aromatic heterocycles. The van der Waals surface area contributed by atoms with Gasteiger partial charge in [0.25, 0.3) is 0 Å². The zero-order valence-corrected chi connectivity index (χ0v) is 10.7. The van der Waals surface area contributed by atoms with E-state index in [2.05, 4.69) is 4.72 Å². The summed E-state index contributed by atoms with van der Waals surface area (Å²) in [5, 5.41) is 0.610. The molecule has 1 atom stereocenters. The van der Waals surface area contributed by atoms with Gasteiger partial charge < -0.3 is 4.74 Å². The molecule has 0 saturated carbocycles. The Kier molecular flexibility index (Phi) is 4.73. The fourth-order valence-corrected chi connectivity index (χ4v) is 2.17. The minimum absolute atomic E-state index is 0.273. The third kappa shape index (κ3) is 4.49. The fraction of sp³-hybridized carbons (Fsp3) is 0.400. The summed E-state index contributed by atoms with van der Waals surface area (Å²) in [7, 11) is -1.75. The van der Waals surface area contributed by atoms with E-state index in [1.54, 1.807) is 24.3 Å². The lowest BCUT2D eigenvalue weighted by Crippen LogP contribution is -2.30. The van der Waals surface area contributed by atoms with Crippen molar-refractivity contribution in [2.45, 2.75) is 6.04 Å². The molecule has 90 valence electrons. The predicted octanol–water partition coefficient (Wildman–Crippen LogP) is 1.58. The molecule has 0 saturated heterocycles. The molecular weight excluding hydrogens is 250 g/mol. The molecule has 0 fully saturated rings. The normalized spacial score (nSPS) is 13.7. The van der Waals surface area contributed by atoms with Crippen LogP contribution >= 0.6 is 11.6 Å². The van der Waals surface area contributed by atoms with Crippen molar-refractivity contribution in [3.8, 4) is 0 Å². The molecule has 0 aliphatic rings. The first-order valence-electron chi connectivity index (χ1n) is 4.64. The number of halogens is 1. The Balaban J connectivity index is 2.89. The molecule has 1 unspecified atom stereocenters. The monoisotopic (exact) mass is 263 g/mol. The van der Waals surface area contributed by atoms with Crippen molar-refractivity contribution in [2.24, 2.45) is 0 Å². The van der Waals surface area contributed by atoms with Crippen molar-refractivity contribution in [2.75, 3.05) is 20.0 Å². The van der Waals surface area contributed by atoms with E-state index in [-0.39, 0.29) is 6.61 Å². The molecule has 0 aliphatic carbocycles. The maximum atomic E-state index is 11.2. The van der Waals surface area contributed by atoms with Crippen LogP contribution in [0, 0.1) is 0 Å². The molecule has 1 aromatic rings. The van der Waals surface area contributed by atoms with E-state index >= 15 is 0 Å². The molecule has 0 amide bonds. The standard InChI is InChI=1S/C10H14ClNO3S/c1-15-7-10(12-16(2,13)14)8-3-5-9(11)6-4-8/h3-6,10,12H,7H2,1-2H3. The van der Waals surface area contributed by atoms with Gasteiger partial charge >= 0.3 is 0 Å². The highest BCUT2D eigenvalue weighted by atomic mass is 35.5. The predicted molar refractivity (Wildman–Crippen MR) is 64.0 cm³/mol. The molecule has 0 radical (unpaired) electrons. The number of ether oxygens (including phenoxy) is 1. The lowest BCUT2D eigenvalue weighted by molar-refractivity contribution is 0.175. The van der Waals surface area contributed by atoms with Crippen molar-refractivity contribution in [1.29, 1.82) is 0 Å². The minimum Gasteiger partial charge on any atom is -0.383 e. The van der Waals surface area contributed by atoms with Crippen LogP contribution in [0.3, 0.4) is 0 Å². The lowest BCUT2D eigenvalue weighted by atomic mass is 10.1. The van der Waals surface area contributed by atoms with Crippen LogP contribution in [-0.2, 0) is 14.8 Å². The second-order valence-electron chi connectivity index (χ2n) is 3.45. The van der Waals surface area contributed by atoms with E-state index in [9.17, 15) is 8.42 Å². The minimum atomic E-state index is -3.27. The first kappa shape index (κ1) is 13.4. The van der Waals surface area contributed by atoms with Crippen LogP contribution < -0.4 is 4.72 Å². The van der Waals surface area contributed by atoms with Gasteiger partial charge in [0, 0.05) is 12.1 Å². The number of hydrogen-bond donors (Lipinski definition) is 1. The first-order chi connectivity index (χ1) is 7.42. The second-order valence-corrected chi connectivity index (χ2v) is 5.67. The van der Waals surface area contributed by atoms with Crippen LogP contribution in [0.5, 0.6) is 0 Å². The third-order valence-electron chi connectivity index (χ3n) is 1.96. The quantitative estimate of drug-likeness (QED) is 0.878. The summed E-state index contributed by atoms with van der Waals surface area (Å²) >= 11 is 5.76. The van der Waals surface area contributed by atoms with Gasteiger partial charge in [-0.05, 0) is 17.7 Å². The molecule has 1 aromatic carbocycles. The summed E-state index contributed by atoms with van der Waals surface area (Å²) in [6, 6.07) is 6.57. The summed E-state index contributed by atoms with van der Waals surface area (Å²) < 4.78 is 29.8. The molecular formula is C10H14ClNO3S. The van der Waals surface area contributed by atoms with Crippen molar-refractivity contribution >= 4 is 21.6 Å². The van der Waals surface area contributed by atoms with E-state index in [4.69, 9.17) is 16.3 Å². The van der Waals surface area contributed by atoms with Crippen molar-refractivity contribution < 1.29 is 13.2 Å². The Morgan fingerprint density at radius 2 is 1.94 bits per heavy atom. The van der Waals surface area contributed by atoms with E-state index in [1.165, 1.54) is 7.11 Å². The highest BCUT2D eigenvalue weighted by molar-refractivity contribution is 7.88. The van der Waals surface area contributed by atoms with Gasteiger partial charge in [-0.1, -0.05) is 23.7 Å². The third-order valence-corrected chi connectivity index (χ3v) is 2.93. The smallest absolute Gasteiger partial charge is 0.209 e. The zero-order valence-electron chi connectivity index (χ0n) is 9.10. The molecule has 4 nitrogen and oxygen atoms in total. The van der Waals surface area contributed by atoms with Gasteiger partial charge in [0.2, 0.25) is 10.0 Å².